The third kappa shape index (κ3) is 3.66. The Morgan fingerprint density at radius 2 is 2.17 bits per heavy atom. The normalized spacial score (nSPS) is 13.9. The molecular formula is C11H16BrClN2O2S. The highest BCUT2D eigenvalue weighted by Crippen LogP contribution is 2.25. The van der Waals surface area contributed by atoms with Crippen LogP contribution in [-0.2, 0) is 10.0 Å². The molecule has 1 rings (SSSR count). The summed E-state index contributed by atoms with van der Waals surface area (Å²) in [7, 11) is -2.03. The minimum absolute atomic E-state index is 0.00537. The fourth-order valence-electron chi connectivity index (χ4n) is 1.42. The van der Waals surface area contributed by atoms with Crippen LogP contribution in [0.15, 0.2) is 21.6 Å². The van der Waals surface area contributed by atoms with Gasteiger partial charge in [0.1, 0.15) is 10.0 Å². The molecule has 0 aromatic carbocycles. The predicted molar refractivity (Wildman–Crippen MR) is 76.2 cm³/mol. The van der Waals surface area contributed by atoms with Crippen LogP contribution in [0, 0.1) is 5.92 Å². The number of hydrogen-bond donors (Lipinski definition) is 0. The van der Waals surface area contributed by atoms with Crippen molar-refractivity contribution in [1.82, 2.24) is 9.29 Å². The van der Waals surface area contributed by atoms with Gasteiger partial charge in [-0.05, 0) is 27.9 Å². The fraction of sp³-hybridized carbons (Fsp3) is 0.545. The first-order valence-corrected chi connectivity index (χ1v) is 8.17. The zero-order valence-electron chi connectivity index (χ0n) is 10.5. The van der Waals surface area contributed by atoms with E-state index >= 15 is 0 Å². The molecular weight excluding hydrogens is 340 g/mol. The maximum absolute atomic E-state index is 12.3. The molecule has 0 saturated carbocycles. The monoisotopic (exact) mass is 354 g/mol. The van der Waals surface area contributed by atoms with Gasteiger partial charge in [0.2, 0.25) is 10.0 Å². The summed E-state index contributed by atoms with van der Waals surface area (Å²) in [6.07, 6.45) is 2.39. The number of halogens is 2. The molecule has 0 saturated heterocycles. The second-order valence-electron chi connectivity index (χ2n) is 4.24. The van der Waals surface area contributed by atoms with E-state index < -0.39 is 10.0 Å². The van der Waals surface area contributed by atoms with Crippen LogP contribution in [0.5, 0.6) is 0 Å². The van der Waals surface area contributed by atoms with Crippen molar-refractivity contribution >= 4 is 37.6 Å². The van der Waals surface area contributed by atoms with Crippen molar-refractivity contribution in [3.05, 3.63) is 21.9 Å². The average molecular weight is 356 g/mol. The highest BCUT2D eigenvalue weighted by atomic mass is 79.9. The Morgan fingerprint density at radius 3 is 2.72 bits per heavy atom. The van der Waals surface area contributed by atoms with Crippen LogP contribution >= 0.6 is 27.5 Å². The second-order valence-corrected chi connectivity index (χ2v) is 7.53. The summed E-state index contributed by atoms with van der Waals surface area (Å²) in [5.74, 6) is 0.295. The van der Waals surface area contributed by atoms with Gasteiger partial charge in [0.15, 0.2) is 0 Å². The Labute approximate surface area is 122 Å². The lowest BCUT2D eigenvalue weighted by Gasteiger charge is -2.20. The number of hydrogen-bond acceptors (Lipinski definition) is 3. The van der Waals surface area contributed by atoms with Gasteiger partial charge in [0, 0.05) is 24.3 Å². The van der Waals surface area contributed by atoms with Crippen LogP contribution in [0.3, 0.4) is 0 Å². The molecule has 7 heteroatoms. The minimum Gasteiger partial charge on any atom is -0.242 e. The van der Waals surface area contributed by atoms with Gasteiger partial charge in [-0.15, -0.1) is 0 Å². The van der Waals surface area contributed by atoms with Gasteiger partial charge in [-0.1, -0.05) is 31.9 Å². The Hall–Kier alpha value is -0.170. The molecule has 0 fully saturated rings. The Bertz CT molecular complexity index is 522. The quantitative estimate of drug-likeness (QED) is 0.762. The molecule has 1 aromatic rings. The lowest BCUT2D eigenvalue weighted by molar-refractivity contribution is 0.393. The summed E-state index contributed by atoms with van der Waals surface area (Å²) < 4.78 is 26.6. The molecule has 0 N–H and O–H groups in total. The second kappa shape index (κ2) is 6.32. The predicted octanol–water partition coefficient (Wildman–Crippen LogP) is 3.16. The summed E-state index contributed by atoms with van der Waals surface area (Å²) in [5, 5.41) is -0.00537. The first-order chi connectivity index (χ1) is 8.28. The van der Waals surface area contributed by atoms with Crippen LogP contribution in [0.4, 0.5) is 0 Å². The Balaban J connectivity index is 3.09. The Morgan fingerprint density at radius 1 is 1.56 bits per heavy atom. The molecule has 0 aliphatic rings. The van der Waals surface area contributed by atoms with Crippen LogP contribution in [0.25, 0.3) is 0 Å². The zero-order valence-corrected chi connectivity index (χ0v) is 13.7. The third-order valence-corrected chi connectivity index (χ3v) is 5.41. The standard InChI is InChI=1S/C11H16BrClN2O2S/c1-4-8(2)7-15(3)18(16,17)10-5-9(12)6-14-11(10)13/h5-6,8H,4,7H2,1-3H3. The van der Waals surface area contributed by atoms with Crippen LogP contribution in [0.1, 0.15) is 20.3 Å². The average Bonchev–Trinajstić information content (AvgIpc) is 2.31. The molecule has 0 radical (unpaired) electrons. The molecule has 1 unspecified atom stereocenters. The molecule has 102 valence electrons. The van der Waals surface area contributed by atoms with E-state index in [0.29, 0.717) is 16.9 Å². The first kappa shape index (κ1) is 15.9. The van der Waals surface area contributed by atoms with Gasteiger partial charge in [-0.3, -0.25) is 0 Å². The van der Waals surface area contributed by atoms with Crippen LogP contribution in [-0.4, -0.2) is 31.3 Å². The molecule has 1 heterocycles. The third-order valence-electron chi connectivity index (χ3n) is 2.73. The number of sulfonamides is 1. The van der Waals surface area contributed by atoms with Gasteiger partial charge in [-0.25, -0.2) is 17.7 Å². The summed E-state index contributed by atoms with van der Waals surface area (Å²) in [4.78, 5) is 3.87. The Kier molecular flexibility index (Phi) is 5.58. The van der Waals surface area contributed by atoms with Crippen molar-refractivity contribution in [3.8, 4) is 0 Å². The molecule has 0 bridgehead atoms. The van der Waals surface area contributed by atoms with E-state index in [4.69, 9.17) is 11.6 Å². The smallest absolute Gasteiger partial charge is 0.242 e. The van der Waals surface area contributed by atoms with Gasteiger partial charge in [0.05, 0.1) is 0 Å². The van der Waals surface area contributed by atoms with Crippen molar-refractivity contribution in [1.29, 1.82) is 0 Å². The summed E-state index contributed by atoms with van der Waals surface area (Å²) in [5.41, 5.74) is 0. The summed E-state index contributed by atoms with van der Waals surface area (Å²) in [6.45, 7) is 4.49. The van der Waals surface area contributed by atoms with Crippen molar-refractivity contribution in [2.24, 2.45) is 5.92 Å². The van der Waals surface area contributed by atoms with Crippen molar-refractivity contribution < 1.29 is 8.42 Å². The van der Waals surface area contributed by atoms with E-state index in [1.807, 2.05) is 13.8 Å². The topological polar surface area (TPSA) is 50.3 Å². The molecule has 0 amide bonds. The molecule has 0 spiro atoms. The van der Waals surface area contributed by atoms with Gasteiger partial charge in [-0.2, -0.15) is 0 Å². The van der Waals surface area contributed by atoms with Gasteiger partial charge < -0.3 is 0 Å². The number of nitrogens with zero attached hydrogens (tertiary/aromatic N) is 2. The van der Waals surface area contributed by atoms with Crippen molar-refractivity contribution in [2.75, 3.05) is 13.6 Å². The lowest BCUT2D eigenvalue weighted by atomic mass is 10.1. The summed E-state index contributed by atoms with van der Waals surface area (Å²) >= 11 is 9.06. The van der Waals surface area contributed by atoms with Crippen LogP contribution < -0.4 is 0 Å². The largest absolute Gasteiger partial charge is 0.245 e. The zero-order chi connectivity index (χ0) is 13.9. The van der Waals surface area contributed by atoms with E-state index in [9.17, 15) is 8.42 Å². The lowest BCUT2D eigenvalue weighted by Crippen LogP contribution is -2.31. The summed E-state index contributed by atoms with van der Waals surface area (Å²) in [6, 6.07) is 1.47. The van der Waals surface area contributed by atoms with E-state index in [0.717, 1.165) is 6.42 Å². The van der Waals surface area contributed by atoms with Crippen molar-refractivity contribution in [3.63, 3.8) is 0 Å². The molecule has 1 aromatic heterocycles. The van der Waals surface area contributed by atoms with E-state index in [-0.39, 0.29) is 10.0 Å². The number of pyridine rings is 1. The van der Waals surface area contributed by atoms with Gasteiger partial charge >= 0.3 is 0 Å². The molecule has 0 aliphatic carbocycles. The maximum Gasteiger partial charge on any atom is 0.245 e. The van der Waals surface area contributed by atoms with Crippen LogP contribution in [0.2, 0.25) is 5.15 Å². The molecule has 0 aliphatic heterocycles. The molecule has 1 atom stereocenters. The molecule has 18 heavy (non-hydrogen) atoms. The van der Waals surface area contributed by atoms with Gasteiger partial charge in [0.25, 0.3) is 0 Å². The minimum atomic E-state index is -3.59. The first-order valence-electron chi connectivity index (χ1n) is 5.56. The van der Waals surface area contributed by atoms with E-state index in [2.05, 4.69) is 20.9 Å². The van der Waals surface area contributed by atoms with E-state index in [1.165, 1.54) is 16.6 Å². The molecule has 4 nitrogen and oxygen atoms in total. The highest BCUT2D eigenvalue weighted by molar-refractivity contribution is 9.10. The fourth-order valence-corrected chi connectivity index (χ4v) is 3.63. The maximum atomic E-state index is 12.3. The highest BCUT2D eigenvalue weighted by Gasteiger charge is 2.25. The number of rotatable bonds is 5. The number of aromatic nitrogens is 1. The SMILES string of the molecule is CCC(C)CN(C)S(=O)(=O)c1cc(Br)cnc1Cl. The van der Waals surface area contributed by atoms with Crippen molar-refractivity contribution in [2.45, 2.75) is 25.2 Å². The van der Waals surface area contributed by atoms with E-state index in [1.54, 1.807) is 7.05 Å².